The van der Waals surface area contributed by atoms with Gasteiger partial charge in [-0.3, -0.25) is 19.3 Å². The van der Waals surface area contributed by atoms with Crippen LogP contribution in [0, 0.1) is 0 Å². The summed E-state index contributed by atoms with van der Waals surface area (Å²) in [5.41, 5.74) is 11.2. The molecule has 110 valence electrons. The molecule has 1 aromatic rings. The highest BCUT2D eigenvalue weighted by Gasteiger charge is 2.33. The van der Waals surface area contributed by atoms with E-state index in [2.05, 4.69) is 15.3 Å². The van der Waals surface area contributed by atoms with E-state index in [1.807, 2.05) is 0 Å². The molecule has 3 amide bonds. The Morgan fingerprint density at radius 2 is 1.95 bits per heavy atom. The average molecular weight is 282 g/mol. The third kappa shape index (κ3) is 3.62. The molecule has 0 aliphatic carbocycles. The van der Waals surface area contributed by atoms with Crippen molar-refractivity contribution in [3.8, 4) is 0 Å². The van der Waals surface area contributed by atoms with Crippen LogP contribution >= 0.6 is 0 Å². The fourth-order valence-electron chi connectivity index (χ4n) is 1.76. The number of imidazole rings is 1. The number of aromatic amines is 1. The number of hydrogen-bond donors (Lipinski definition) is 4. The van der Waals surface area contributed by atoms with Crippen molar-refractivity contribution in [2.24, 2.45) is 11.5 Å². The van der Waals surface area contributed by atoms with Gasteiger partial charge in [-0.2, -0.15) is 0 Å². The minimum Gasteiger partial charge on any atom is -0.357 e. The highest BCUT2D eigenvalue weighted by Crippen LogP contribution is 2.08. The zero-order valence-corrected chi connectivity index (χ0v) is 11.1. The van der Waals surface area contributed by atoms with Gasteiger partial charge in [0.25, 0.3) is 0 Å². The van der Waals surface area contributed by atoms with E-state index in [1.54, 1.807) is 0 Å². The summed E-state index contributed by atoms with van der Waals surface area (Å²) in [5.74, 6) is -1.80. The number of carbonyl (C=O) groups excluding carboxylic acids is 3. The van der Waals surface area contributed by atoms with E-state index in [4.69, 9.17) is 11.5 Å². The van der Waals surface area contributed by atoms with E-state index in [0.29, 0.717) is 5.69 Å². The summed E-state index contributed by atoms with van der Waals surface area (Å²) >= 11 is 0. The largest absolute Gasteiger partial charge is 0.357 e. The molecule has 6 N–H and O–H groups in total. The molecule has 0 radical (unpaired) electrons. The van der Waals surface area contributed by atoms with Crippen LogP contribution in [0.25, 0.3) is 0 Å². The van der Waals surface area contributed by atoms with Crippen molar-refractivity contribution in [2.45, 2.75) is 12.5 Å². The maximum absolute atomic E-state index is 11.9. The Kier molecular flexibility index (Phi) is 5.81. The van der Waals surface area contributed by atoms with Gasteiger partial charge >= 0.3 is 0 Å². The smallest absolute Gasteiger partial charge is 0.243 e. The molecule has 20 heavy (non-hydrogen) atoms. The minimum atomic E-state index is -1.02. The fraction of sp³-hybridized carbons (Fsp3) is 0.455. The van der Waals surface area contributed by atoms with E-state index in [-0.39, 0.29) is 19.5 Å². The summed E-state index contributed by atoms with van der Waals surface area (Å²) in [6, 6.07) is -1.02. The van der Waals surface area contributed by atoms with E-state index >= 15 is 0 Å². The zero-order chi connectivity index (χ0) is 15.1. The molecule has 1 atom stereocenters. The maximum Gasteiger partial charge on any atom is 0.243 e. The summed E-state index contributed by atoms with van der Waals surface area (Å²) in [4.78, 5) is 43.0. The molecular formula is C11H18N6O3. The summed E-state index contributed by atoms with van der Waals surface area (Å²) in [7, 11) is 1.42. The lowest BCUT2D eigenvalue weighted by Crippen LogP contribution is -2.55. The Morgan fingerprint density at radius 1 is 1.35 bits per heavy atom. The minimum absolute atomic E-state index is 0.108. The number of rotatable bonds is 6. The molecule has 1 heterocycles. The molecule has 0 saturated carbocycles. The number of hydrogen-bond acceptors (Lipinski definition) is 6. The Hall–Kier alpha value is -2.26. The second-order valence-electron chi connectivity index (χ2n) is 3.98. The number of H-pyrrole nitrogens is 1. The van der Waals surface area contributed by atoms with Crippen molar-refractivity contribution in [1.29, 1.82) is 0 Å². The van der Waals surface area contributed by atoms with Crippen LogP contribution in [0.3, 0.4) is 0 Å². The molecule has 0 bridgehead atoms. The molecule has 0 aliphatic heterocycles. The molecule has 0 fully saturated rings. The summed E-state index contributed by atoms with van der Waals surface area (Å²) < 4.78 is 0. The monoisotopic (exact) mass is 282 g/mol. The van der Waals surface area contributed by atoms with Crippen LogP contribution in [0.2, 0.25) is 0 Å². The number of aromatic nitrogens is 2. The lowest BCUT2D eigenvalue weighted by molar-refractivity contribution is -0.150. The van der Waals surface area contributed by atoms with Gasteiger partial charge in [0.1, 0.15) is 6.04 Å². The molecule has 9 nitrogen and oxygen atoms in total. The Balaban J connectivity index is 3.07. The number of likely N-dealkylation sites (N-methyl/N-ethyl adjacent to an activating group) is 1. The van der Waals surface area contributed by atoms with Crippen LogP contribution in [0.4, 0.5) is 0 Å². The van der Waals surface area contributed by atoms with E-state index in [1.165, 1.54) is 19.6 Å². The van der Waals surface area contributed by atoms with Crippen LogP contribution in [0.5, 0.6) is 0 Å². The third-order valence-electron chi connectivity index (χ3n) is 2.72. The van der Waals surface area contributed by atoms with Gasteiger partial charge in [0.2, 0.25) is 17.7 Å². The van der Waals surface area contributed by atoms with Gasteiger partial charge in [0.15, 0.2) is 0 Å². The molecule has 0 spiro atoms. The van der Waals surface area contributed by atoms with Gasteiger partial charge in [0.05, 0.1) is 19.4 Å². The lowest BCUT2D eigenvalue weighted by Gasteiger charge is -2.28. The number of nitrogens with one attached hydrogen (secondary N) is 2. The van der Waals surface area contributed by atoms with Crippen LogP contribution in [-0.2, 0) is 20.8 Å². The SMILES string of the molecule is CNC(=O)C(Cc1cnc[nH]1)N(C(=O)CN)C(=O)CN. The highest BCUT2D eigenvalue weighted by atomic mass is 16.2. The zero-order valence-electron chi connectivity index (χ0n) is 11.1. The standard InChI is InChI=1S/C11H18N6O3/c1-14-11(20)8(2-7-5-15-6-16-7)17(9(18)3-12)10(19)4-13/h5-6,8H,2-4,12-13H2,1H3,(H,14,20)(H,15,16). The number of amides is 3. The van der Waals surface area contributed by atoms with Crippen molar-refractivity contribution in [3.05, 3.63) is 18.2 Å². The van der Waals surface area contributed by atoms with E-state index in [9.17, 15) is 14.4 Å². The highest BCUT2D eigenvalue weighted by molar-refractivity contribution is 6.01. The lowest BCUT2D eigenvalue weighted by atomic mass is 10.1. The molecule has 1 unspecified atom stereocenters. The number of nitrogens with zero attached hydrogens (tertiary/aromatic N) is 2. The van der Waals surface area contributed by atoms with Crippen LogP contribution in [0.1, 0.15) is 5.69 Å². The molecular weight excluding hydrogens is 264 g/mol. The predicted octanol–water partition coefficient (Wildman–Crippen LogP) is -2.66. The van der Waals surface area contributed by atoms with Crippen LogP contribution in [-0.4, -0.2) is 58.8 Å². The molecule has 9 heteroatoms. The van der Waals surface area contributed by atoms with Crippen molar-refractivity contribution < 1.29 is 14.4 Å². The van der Waals surface area contributed by atoms with Crippen molar-refractivity contribution >= 4 is 17.7 Å². The van der Waals surface area contributed by atoms with Crippen molar-refractivity contribution in [3.63, 3.8) is 0 Å². The molecule has 0 aromatic carbocycles. The summed E-state index contributed by atoms with van der Waals surface area (Å²) in [6.07, 6.45) is 3.06. The van der Waals surface area contributed by atoms with Gasteiger partial charge in [-0.25, -0.2) is 4.98 Å². The topological polar surface area (TPSA) is 147 Å². The first-order valence-electron chi connectivity index (χ1n) is 5.99. The summed E-state index contributed by atoms with van der Waals surface area (Å²) in [5, 5.41) is 2.41. The second kappa shape index (κ2) is 7.36. The normalized spacial score (nSPS) is 11.8. The van der Waals surface area contributed by atoms with E-state index in [0.717, 1.165) is 4.90 Å². The third-order valence-corrected chi connectivity index (χ3v) is 2.72. The number of carbonyl (C=O) groups is 3. The van der Waals surface area contributed by atoms with Crippen molar-refractivity contribution in [1.82, 2.24) is 20.2 Å². The van der Waals surface area contributed by atoms with Gasteiger partial charge in [-0.15, -0.1) is 0 Å². The number of imide groups is 1. The second-order valence-corrected chi connectivity index (χ2v) is 3.98. The fourth-order valence-corrected chi connectivity index (χ4v) is 1.76. The average Bonchev–Trinajstić information content (AvgIpc) is 2.97. The van der Waals surface area contributed by atoms with Crippen LogP contribution < -0.4 is 16.8 Å². The molecule has 0 saturated heterocycles. The summed E-state index contributed by atoms with van der Waals surface area (Å²) in [6.45, 7) is -0.773. The van der Waals surface area contributed by atoms with Gasteiger partial charge in [0, 0.05) is 25.4 Å². The van der Waals surface area contributed by atoms with Crippen LogP contribution in [0.15, 0.2) is 12.5 Å². The maximum atomic E-state index is 11.9. The van der Waals surface area contributed by atoms with Gasteiger partial charge in [-0.1, -0.05) is 0 Å². The Labute approximate surface area is 115 Å². The molecule has 0 aliphatic rings. The first-order valence-corrected chi connectivity index (χ1v) is 5.99. The number of nitrogens with two attached hydrogens (primary N) is 2. The van der Waals surface area contributed by atoms with E-state index < -0.39 is 23.8 Å². The quantitative estimate of drug-likeness (QED) is 0.447. The van der Waals surface area contributed by atoms with Gasteiger partial charge < -0.3 is 21.8 Å². The first-order chi connectivity index (χ1) is 9.54. The molecule has 1 aromatic heterocycles. The molecule has 1 rings (SSSR count). The predicted molar refractivity (Wildman–Crippen MR) is 70.1 cm³/mol. The van der Waals surface area contributed by atoms with Gasteiger partial charge in [-0.05, 0) is 0 Å². The Morgan fingerprint density at radius 3 is 2.35 bits per heavy atom. The first kappa shape index (κ1) is 15.8. The Bertz CT molecular complexity index is 457. The van der Waals surface area contributed by atoms with Crippen molar-refractivity contribution in [2.75, 3.05) is 20.1 Å².